The highest BCUT2D eigenvalue weighted by molar-refractivity contribution is 5.76. The molecule has 2 rings (SSSR count). The monoisotopic (exact) mass is 367 g/mol. The molecule has 0 amide bonds. The molecule has 0 saturated heterocycles. The first-order valence-electron chi connectivity index (χ1n) is 7.46. The number of nitrogens with zero attached hydrogens (tertiary/aromatic N) is 3. The minimum Gasteiger partial charge on any atom is -0.258 e. The molecule has 1 unspecified atom stereocenters. The van der Waals surface area contributed by atoms with Crippen molar-refractivity contribution in [1.29, 1.82) is 5.26 Å². The van der Waals surface area contributed by atoms with E-state index in [0.717, 1.165) is 18.3 Å². The number of pyridine rings is 1. The third-order valence-corrected chi connectivity index (χ3v) is 3.77. The molecule has 0 spiro atoms. The number of alkyl halides is 4. The van der Waals surface area contributed by atoms with Crippen LogP contribution in [0.5, 0.6) is 0 Å². The number of aromatic nitrogens is 1. The first kappa shape index (κ1) is 19.3. The summed E-state index contributed by atoms with van der Waals surface area (Å²) in [6, 6.07) is 6.56. The SMILES string of the molecule is CC(C)c1cnc(C(F)C(F)(F)F)c(C#N)c1-c1ccc([N+](=O)[O-])cc1. The van der Waals surface area contributed by atoms with Gasteiger partial charge in [0, 0.05) is 23.9 Å². The van der Waals surface area contributed by atoms with Crippen molar-refractivity contribution in [3.63, 3.8) is 0 Å². The van der Waals surface area contributed by atoms with E-state index >= 15 is 0 Å². The maximum absolute atomic E-state index is 13.9. The lowest BCUT2D eigenvalue weighted by molar-refractivity contribution is -0.384. The van der Waals surface area contributed by atoms with Crippen LogP contribution in [0, 0.1) is 21.4 Å². The summed E-state index contributed by atoms with van der Waals surface area (Å²) < 4.78 is 52.2. The van der Waals surface area contributed by atoms with Gasteiger partial charge in [0.25, 0.3) is 5.69 Å². The number of nitro groups is 1. The minimum absolute atomic E-state index is 0.0919. The Hall–Kier alpha value is -3.02. The summed E-state index contributed by atoms with van der Waals surface area (Å²) in [5, 5.41) is 20.2. The van der Waals surface area contributed by atoms with E-state index in [1.54, 1.807) is 19.9 Å². The molecule has 0 N–H and O–H groups in total. The minimum atomic E-state index is -5.20. The van der Waals surface area contributed by atoms with Gasteiger partial charge in [-0.2, -0.15) is 18.4 Å². The Kier molecular flexibility index (Phi) is 5.25. The Morgan fingerprint density at radius 2 is 1.81 bits per heavy atom. The van der Waals surface area contributed by atoms with E-state index in [9.17, 15) is 32.9 Å². The van der Waals surface area contributed by atoms with Crippen LogP contribution in [0.3, 0.4) is 0 Å². The smallest absolute Gasteiger partial charge is 0.258 e. The summed E-state index contributed by atoms with van der Waals surface area (Å²) in [6.45, 7) is 3.48. The van der Waals surface area contributed by atoms with Crippen LogP contribution in [0.2, 0.25) is 0 Å². The maximum atomic E-state index is 13.9. The van der Waals surface area contributed by atoms with Crippen molar-refractivity contribution in [2.24, 2.45) is 0 Å². The molecule has 0 aliphatic carbocycles. The summed E-state index contributed by atoms with van der Waals surface area (Å²) in [5.74, 6) is -0.224. The molecule has 1 heterocycles. The second-order valence-electron chi connectivity index (χ2n) is 5.82. The van der Waals surface area contributed by atoms with E-state index in [-0.39, 0.29) is 22.7 Å². The van der Waals surface area contributed by atoms with Gasteiger partial charge >= 0.3 is 6.18 Å². The molecule has 0 aliphatic heterocycles. The first-order valence-corrected chi connectivity index (χ1v) is 7.46. The highest BCUT2D eigenvalue weighted by Crippen LogP contribution is 2.41. The first-order chi connectivity index (χ1) is 12.1. The third kappa shape index (κ3) is 3.64. The Morgan fingerprint density at radius 1 is 1.23 bits per heavy atom. The van der Waals surface area contributed by atoms with E-state index in [4.69, 9.17) is 0 Å². The van der Waals surface area contributed by atoms with Gasteiger partial charge in [0.15, 0.2) is 0 Å². The summed E-state index contributed by atoms with van der Waals surface area (Å²) in [6.07, 6.45) is -7.50. The van der Waals surface area contributed by atoms with Crippen LogP contribution in [-0.2, 0) is 0 Å². The summed E-state index contributed by atoms with van der Waals surface area (Å²) in [7, 11) is 0. The summed E-state index contributed by atoms with van der Waals surface area (Å²) in [4.78, 5) is 13.7. The highest BCUT2D eigenvalue weighted by Gasteiger charge is 2.44. The van der Waals surface area contributed by atoms with Gasteiger partial charge in [-0.3, -0.25) is 15.1 Å². The molecular weight excluding hydrogens is 354 g/mol. The molecule has 2 aromatic rings. The molecule has 0 bridgehead atoms. The van der Waals surface area contributed by atoms with Gasteiger partial charge in [0.1, 0.15) is 11.8 Å². The lowest BCUT2D eigenvalue weighted by Gasteiger charge is -2.19. The van der Waals surface area contributed by atoms with Crippen LogP contribution in [0.1, 0.15) is 42.8 Å². The van der Waals surface area contributed by atoms with Gasteiger partial charge in [-0.1, -0.05) is 13.8 Å². The van der Waals surface area contributed by atoms with Gasteiger partial charge in [0.2, 0.25) is 6.17 Å². The number of non-ortho nitro benzene ring substituents is 1. The van der Waals surface area contributed by atoms with Gasteiger partial charge in [-0.05, 0) is 29.2 Å². The van der Waals surface area contributed by atoms with E-state index in [1.165, 1.54) is 12.1 Å². The molecule has 0 aliphatic rings. The van der Waals surface area contributed by atoms with Gasteiger partial charge < -0.3 is 0 Å². The van der Waals surface area contributed by atoms with E-state index in [1.807, 2.05) is 0 Å². The van der Waals surface area contributed by atoms with Crippen molar-refractivity contribution in [2.45, 2.75) is 32.1 Å². The van der Waals surface area contributed by atoms with E-state index < -0.39 is 28.5 Å². The Balaban J connectivity index is 2.76. The molecule has 26 heavy (non-hydrogen) atoms. The number of nitriles is 1. The molecule has 136 valence electrons. The normalized spacial score (nSPS) is 12.7. The average molecular weight is 367 g/mol. The predicted octanol–water partition coefficient (Wildman–Crippen LogP) is 5.22. The molecule has 1 aromatic carbocycles. The number of nitro benzene ring substituents is 1. The zero-order valence-electron chi connectivity index (χ0n) is 13.7. The molecule has 0 fully saturated rings. The summed E-state index contributed by atoms with van der Waals surface area (Å²) in [5.41, 5.74) is -0.962. The van der Waals surface area contributed by atoms with E-state index in [0.29, 0.717) is 5.56 Å². The molecule has 1 aromatic heterocycles. The van der Waals surface area contributed by atoms with Gasteiger partial charge in [0.05, 0.1) is 10.5 Å². The number of halogens is 4. The number of hydrogen-bond donors (Lipinski definition) is 0. The zero-order chi connectivity index (χ0) is 19.6. The molecule has 5 nitrogen and oxygen atoms in total. The average Bonchev–Trinajstić information content (AvgIpc) is 2.58. The number of benzene rings is 1. The van der Waals surface area contributed by atoms with Crippen LogP contribution < -0.4 is 0 Å². The zero-order valence-corrected chi connectivity index (χ0v) is 13.7. The fourth-order valence-electron chi connectivity index (χ4n) is 2.50. The molecule has 0 saturated carbocycles. The van der Waals surface area contributed by atoms with Crippen molar-refractivity contribution >= 4 is 5.69 Å². The number of hydrogen-bond acceptors (Lipinski definition) is 4. The largest absolute Gasteiger partial charge is 0.425 e. The molecule has 1 atom stereocenters. The van der Waals surface area contributed by atoms with Crippen LogP contribution in [0.25, 0.3) is 11.1 Å². The van der Waals surface area contributed by atoms with Crippen molar-refractivity contribution in [2.75, 3.05) is 0 Å². The lowest BCUT2D eigenvalue weighted by Crippen LogP contribution is -2.19. The molecule has 0 radical (unpaired) electrons. The topological polar surface area (TPSA) is 79.8 Å². The number of rotatable bonds is 4. The van der Waals surface area contributed by atoms with Crippen LogP contribution in [0.15, 0.2) is 30.5 Å². The standard InChI is InChI=1S/C17H13F4N3O2/c1-9(2)13-8-23-15(16(18)17(19,20)21)12(7-22)14(13)10-3-5-11(6-4-10)24(25)26/h3-6,8-9,16H,1-2H3. The van der Waals surface area contributed by atoms with Crippen molar-refractivity contribution in [3.05, 3.63) is 57.4 Å². The van der Waals surface area contributed by atoms with Gasteiger partial charge in [-0.15, -0.1) is 0 Å². The van der Waals surface area contributed by atoms with Crippen molar-refractivity contribution in [1.82, 2.24) is 4.98 Å². The van der Waals surface area contributed by atoms with Crippen molar-refractivity contribution in [3.8, 4) is 17.2 Å². The Labute approximate surface area is 146 Å². The fourth-order valence-corrected chi connectivity index (χ4v) is 2.50. The molecular formula is C17H13F4N3O2. The lowest BCUT2D eigenvalue weighted by atomic mass is 9.89. The van der Waals surface area contributed by atoms with E-state index in [2.05, 4.69) is 4.98 Å². The molecule has 9 heteroatoms. The highest BCUT2D eigenvalue weighted by atomic mass is 19.4. The van der Waals surface area contributed by atoms with Gasteiger partial charge in [-0.25, -0.2) is 4.39 Å². The Morgan fingerprint density at radius 3 is 2.23 bits per heavy atom. The van der Waals surface area contributed by atoms with Crippen molar-refractivity contribution < 1.29 is 22.5 Å². The third-order valence-electron chi connectivity index (χ3n) is 3.77. The van der Waals surface area contributed by atoms with Crippen LogP contribution in [0.4, 0.5) is 23.2 Å². The van der Waals surface area contributed by atoms with Crippen LogP contribution in [-0.4, -0.2) is 16.1 Å². The summed E-state index contributed by atoms with van der Waals surface area (Å²) >= 11 is 0. The second-order valence-corrected chi connectivity index (χ2v) is 5.82. The quantitative estimate of drug-likeness (QED) is 0.421. The fraction of sp³-hybridized carbons (Fsp3) is 0.294. The Bertz CT molecular complexity index is 871. The van der Waals surface area contributed by atoms with Crippen LogP contribution >= 0.6 is 0 Å². The maximum Gasteiger partial charge on any atom is 0.425 e. The second kappa shape index (κ2) is 7.07. The predicted molar refractivity (Wildman–Crippen MR) is 85.0 cm³/mol.